The zero-order valence-corrected chi connectivity index (χ0v) is 27.8. The molecule has 0 radical (unpaired) electrons. The molecule has 2 heterocycles. The van der Waals surface area contributed by atoms with Crippen LogP contribution in [0.2, 0.25) is 0 Å². The molecule has 0 aliphatic rings. The Balaban J connectivity index is 0.000000875. The first-order valence-corrected chi connectivity index (χ1v) is 15.9. The standard InChI is InChI=1S/C22H27N3O.C9H17N.C3H6O.C2H6/c1-4-16(3)10-13-26-21-9-7-18(14-17(21)5-2)19-6-8-20(25-15-19)22-23-11-12-24-22;1-3-5-7-9(8-10)6-4-2;1-3(2)4;1-2/h6-9,11-12,14-16H,4-5,10,13H2,1-3H3,(H,23,24);9H,3-7H2,1-2H3;1-2H3;1-2H3. The van der Waals surface area contributed by atoms with Gasteiger partial charge in [0.2, 0.25) is 0 Å². The fourth-order valence-corrected chi connectivity index (χ4v) is 3.93. The molecule has 0 bridgehead atoms. The number of ether oxygens (including phenoxy) is 1. The van der Waals surface area contributed by atoms with Gasteiger partial charge < -0.3 is 14.5 Å². The minimum Gasteiger partial charge on any atom is -0.493 e. The Morgan fingerprint density at radius 3 is 2.17 bits per heavy atom. The zero-order valence-electron chi connectivity index (χ0n) is 27.8. The molecule has 3 aromatic rings. The first-order valence-electron chi connectivity index (χ1n) is 15.9. The summed E-state index contributed by atoms with van der Waals surface area (Å²) in [7, 11) is 0. The normalized spacial score (nSPS) is 11.2. The van der Waals surface area contributed by atoms with Gasteiger partial charge in [0.15, 0.2) is 5.82 Å². The zero-order chi connectivity index (χ0) is 31.8. The van der Waals surface area contributed by atoms with Gasteiger partial charge in [0.25, 0.3) is 0 Å². The van der Waals surface area contributed by atoms with E-state index < -0.39 is 0 Å². The maximum absolute atomic E-state index is 9.44. The molecule has 0 spiro atoms. The smallest absolute Gasteiger partial charge is 0.155 e. The van der Waals surface area contributed by atoms with Crippen LogP contribution in [0.25, 0.3) is 22.6 Å². The number of H-pyrrole nitrogens is 1. The molecule has 0 aliphatic carbocycles. The molecule has 3 rings (SSSR count). The third-order valence-corrected chi connectivity index (χ3v) is 6.57. The summed E-state index contributed by atoms with van der Waals surface area (Å²) in [6.45, 7) is 18.8. The number of imidazole rings is 1. The molecule has 0 amide bonds. The maximum Gasteiger partial charge on any atom is 0.155 e. The Labute approximate surface area is 256 Å². The topological polar surface area (TPSA) is 91.7 Å². The van der Waals surface area contributed by atoms with Crippen molar-refractivity contribution in [2.45, 2.75) is 114 Å². The van der Waals surface area contributed by atoms with Crippen molar-refractivity contribution in [3.63, 3.8) is 0 Å². The van der Waals surface area contributed by atoms with Crippen LogP contribution in [0.5, 0.6) is 5.75 Å². The van der Waals surface area contributed by atoms with Crippen LogP contribution in [0.4, 0.5) is 0 Å². The van der Waals surface area contributed by atoms with E-state index in [9.17, 15) is 4.79 Å². The number of carbonyl (C=O) groups excluding carboxylic acids is 1. The number of carbonyl (C=O) groups is 1. The number of benzene rings is 1. The number of pyridine rings is 1. The van der Waals surface area contributed by atoms with E-state index in [4.69, 9.17) is 10.00 Å². The predicted molar refractivity (Wildman–Crippen MR) is 177 cm³/mol. The van der Waals surface area contributed by atoms with Crippen molar-refractivity contribution in [1.29, 1.82) is 5.26 Å². The van der Waals surface area contributed by atoms with Crippen molar-refractivity contribution in [2.24, 2.45) is 11.8 Å². The first-order chi connectivity index (χ1) is 20.3. The number of aryl methyl sites for hydroxylation is 1. The molecule has 2 unspecified atom stereocenters. The van der Waals surface area contributed by atoms with Crippen LogP contribution < -0.4 is 4.74 Å². The first kappa shape index (κ1) is 38.5. The van der Waals surface area contributed by atoms with Crippen molar-refractivity contribution in [2.75, 3.05) is 6.61 Å². The Hall–Kier alpha value is -3.46. The molecule has 6 nitrogen and oxygen atoms in total. The third-order valence-electron chi connectivity index (χ3n) is 6.57. The second-order valence-electron chi connectivity index (χ2n) is 10.4. The number of Topliss-reactive ketones (excluding diaryl/α,β-unsaturated/α-hetero) is 1. The lowest BCUT2D eigenvalue weighted by Gasteiger charge is -2.14. The predicted octanol–water partition coefficient (Wildman–Crippen LogP) is 10.3. The molecular formula is C36H56N4O2. The summed E-state index contributed by atoms with van der Waals surface area (Å²) in [6.07, 6.45) is 14.4. The van der Waals surface area contributed by atoms with E-state index in [1.165, 1.54) is 38.7 Å². The van der Waals surface area contributed by atoms with E-state index in [1.807, 2.05) is 26.1 Å². The van der Waals surface area contributed by atoms with Crippen LogP contribution in [0, 0.1) is 23.2 Å². The number of hydrogen-bond acceptors (Lipinski definition) is 5. The second-order valence-corrected chi connectivity index (χ2v) is 10.4. The van der Waals surface area contributed by atoms with Crippen molar-refractivity contribution < 1.29 is 9.53 Å². The molecule has 0 saturated carbocycles. The average Bonchev–Trinajstić information content (AvgIpc) is 3.56. The van der Waals surface area contributed by atoms with Gasteiger partial charge in [-0.1, -0.05) is 86.3 Å². The molecule has 232 valence electrons. The fraction of sp³-hybridized carbons (Fsp3) is 0.556. The molecule has 42 heavy (non-hydrogen) atoms. The molecular weight excluding hydrogens is 520 g/mol. The Kier molecular flexibility index (Phi) is 22.2. The van der Waals surface area contributed by atoms with Gasteiger partial charge in [-0.3, -0.25) is 4.98 Å². The SMILES string of the molecule is CC.CC(C)=O.CCCCC(C#N)CCC.CCc1cc(-c2ccc(-c3ncc[nH]3)nc2)ccc1OCCC(C)CC. The van der Waals surface area contributed by atoms with E-state index in [0.29, 0.717) is 11.8 Å². The highest BCUT2D eigenvalue weighted by atomic mass is 16.5. The summed E-state index contributed by atoms with van der Waals surface area (Å²) < 4.78 is 6.03. The highest BCUT2D eigenvalue weighted by molar-refractivity contribution is 5.72. The number of hydrogen-bond donors (Lipinski definition) is 1. The van der Waals surface area contributed by atoms with Gasteiger partial charge in [-0.05, 0) is 74.8 Å². The van der Waals surface area contributed by atoms with Crippen molar-refractivity contribution >= 4 is 5.78 Å². The Morgan fingerprint density at radius 1 is 0.976 bits per heavy atom. The summed E-state index contributed by atoms with van der Waals surface area (Å²) in [5.41, 5.74) is 4.34. The van der Waals surface area contributed by atoms with Gasteiger partial charge in [0.05, 0.1) is 12.7 Å². The molecule has 0 aliphatic heterocycles. The highest BCUT2D eigenvalue weighted by Gasteiger charge is 2.08. The lowest BCUT2D eigenvalue weighted by atomic mass is 9.99. The third kappa shape index (κ3) is 16.1. The average molecular weight is 577 g/mol. The number of nitrogens with zero attached hydrogens (tertiary/aromatic N) is 3. The van der Waals surface area contributed by atoms with Crippen LogP contribution >= 0.6 is 0 Å². The van der Waals surface area contributed by atoms with Crippen molar-refractivity contribution in [3.8, 4) is 34.5 Å². The number of nitriles is 1. The molecule has 1 aromatic carbocycles. The monoisotopic (exact) mass is 576 g/mol. The maximum atomic E-state index is 9.44. The van der Waals surface area contributed by atoms with E-state index in [2.05, 4.69) is 79.9 Å². The Bertz CT molecular complexity index is 1110. The van der Waals surface area contributed by atoms with Crippen LogP contribution in [-0.2, 0) is 11.2 Å². The van der Waals surface area contributed by atoms with E-state index in [0.717, 1.165) is 67.1 Å². The molecule has 2 atom stereocenters. The van der Waals surface area contributed by atoms with E-state index in [-0.39, 0.29) is 5.78 Å². The summed E-state index contributed by atoms with van der Waals surface area (Å²) in [6, 6.07) is 12.8. The lowest BCUT2D eigenvalue weighted by Crippen LogP contribution is -2.04. The van der Waals surface area contributed by atoms with E-state index >= 15 is 0 Å². The molecule has 0 fully saturated rings. The van der Waals surface area contributed by atoms with Crippen LogP contribution in [-0.4, -0.2) is 27.3 Å². The van der Waals surface area contributed by atoms with Gasteiger partial charge in [0.1, 0.15) is 17.2 Å². The summed E-state index contributed by atoms with van der Waals surface area (Å²) in [4.78, 5) is 21.3. The fourth-order valence-electron chi connectivity index (χ4n) is 3.93. The summed E-state index contributed by atoms with van der Waals surface area (Å²) in [5, 5.41) is 8.63. The lowest BCUT2D eigenvalue weighted by molar-refractivity contribution is -0.115. The van der Waals surface area contributed by atoms with Crippen LogP contribution in [0.15, 0.2) is 48.9 Å². The second kappa shape index (κ2) is 24.2. The Morgan fingerprint density at radius 2 is 1.67 bits per heavy atom. The van der Waals surface area contributed by atoms with Crippen molar-refractivity contribution in [3.05, 3.63) is 54.5 Å². The van der Waals surface area contributed by atoms with Gasteiger partial charge >= 0.3 is 0 Å². The number of aromatic nitrogens is 3. The van der Waals surface area contributed by atoms with Gasteiger partial charge in [0, 0.05) is 30.1 Å². The molecule has 6 heteroatoms. The number of ketones is 1. The quantitative estimate of drug-likeness (QED) is 0.218. The molecule has 1 N–H and O–H groups in total. The largest absolute Gasteiger partial charge is 0.493 e. The minimum atomic E-state index is 0.167. The number of rotatable bonds is 13. The number of aromatic amines is 1. The highest BCUT2D eigenvalue weighted by Crippen LogP contribution is 2.28. The van der Waals surface area contributed by atoms with Crippen molar-refractivity contribution in [1.82, 2.24) is 15.0 Å². The molecule has 2 aromatic heterocycles. The summed E-state index contributed by atoms with van der Waals surface area (Å²) >= 11 is 0. The summed E-state index contributed by atoms with van der Waals surface area (Å²) in [5.74, 6) is 2.98. The van der Waals surface area contributed by atoms with Gasteiger partial charge in [-0.2, -0.15) is 5.26 Å². The van der Waals surface area contributed by atoms with Gasteiger partial charge in [-0.15, -0.1) is 0 Å². The van der Waals surface area contributed by atoms with Gasteiger partial charge in [-0.25, -0.2) is 4.98 Å². The molecule has 0 saturated heterocycles. The number of nitrogens with one attached hydrogen (secondary N) is 1. The number of unbranched alkanes of at least 4 members (excludes halogenated alkanes) is 1. The van der Waals surface area contributed by atoms with Crippen LogP contribution in [0.3, 0.4) is 0 Å². The minimum absolute atomic E-state index is 0.167. The van der Waals surface area contributed by atoms with E-state index in [1.54, 1.807) is 12.4 Å². The van der Waals surface area contributed by atoms with Crippen LogP contribution in [0.1, 0.15) is 113 Å².